The lowest BCUT2D eigenvalue weighted by Crippen LogP contribution is -2.15. The molecule has 1 unspecified atom stereocenters. The Morgan fingerprint density at radius 1 is 1.78 bits per heavy atom. The molecule has 0 heterocycles. The SMILES string of the molecule is O=C1C=CCCC1CI. The summed E-state index contributed by atoms with van der Waals surface area (Å²) in [5, 5.41) is 0. The van der Waals surface area contributed by atoms with E-state index in [0.29, 0.717) is 11.7 Å². The Morgan fingerprint density at radius 2 is 2.56 bits per heavy atom. The van der Waals surface area contributed by atoms with Crippen LogP contribution in [0.25, 0.3) is 0 Å². The molecule has 0 spiro atoms. The van der Waals surface area contributed by atoms with Crippen LogP contribution >= 0.6 is 22.6 Å². The minimum absolute atomic E-state index is 0.315. The van der Waals surface area contributed by atoms with E-state index in [1.54, 1.807) is 6.08 Å². The smallest absolute Gasteiger partial charge is 0.159 e. The second-order valence-corrected chi connectivity index (χ2v) is 3.11. The van der Waals surface area contributed by atoms with Crippen molar-refractivity contribution in [3.63, 3.8) is 0 Å². The summed E-state index contributed by atoms with van der Waals surface area (Å²) in [7, 11) is 0. The van der Waals surface area contributed by atoms with Crippen LogP contribution in [-0.2, 0) is 4.79 Å². The van der Waals surface area contributed by atoms with Crippen LogP contribution in [0, 0.1) is 5.92 Å². The summed E-state index contributed by atoms with van der Waals surface area (Å²) < 4.78 is 0.973. The molecule has 0 bridgehead atoms. The lowest BCUT2D eigenvalue weighted by Gasteiger charge is -2.11. The molecule has 0 fully saturated rings. The normalized spacial score (nSPS) is 26.8. The molecule has 1 aliphatic carbocycles. The quantitative estimate of drug-likeness (QED) is 0.502. The summed E-state index contributed by atoms with van der Waals surface area (Å²) in [6.07, 6.45) is 5.82. The molecule has 1 atom stereocenters. The minimum atomic E-state index is 0.315. The third kappa shape index (κ3) is 1.78. The fourth-order valence-electron chi connectivity index (χ4n) is 0.928. The number of hydrogen-bond donors (Lipinski definition) is 0. The lowest BCUT2D eigenvalue weighted by molar-refractivity contribution is -0.118. The van der Waals surface area contributed by atoms with E-state index in [0.717, 1.165) is 17.3 Å². The van der Waals surface area contributed by atoms with Gasteiger partial charge in [0.15, 0.2) is 5.78 Å². The second-order valence-electron chi connectivity index (χ2n) is 2.23. The summed E-state index contributed by atoms with van der Waals surface area (Å²) in [6.45, 7) is 0. The van der Waals surface area contributed by atoms with Gasteiger partial charge in [0.1, 0.15) is 0 Å². The molecular formula is C7H9IO. The van der Waals surface area contributed by atoms with E-state index in [4.69, 9.17) is 0 Å². The van der Waals surface area contributed by atoms with E-state index < -0.39 is 0 Å². The van der Waals surface area contributed by atoms with Crippen LogP contribution in [0.5, 0.6) is 0 Å². The van der Waals surface area contributed by atoms with Crippen LogP contribution in [0.4, 0.5) is 0 Å². The first-order valence-electron chi connectivity index (χ1n) is 3.11. The van der Waals surface area contributed by atoms with Gasteiger partial charge in [-0.15, -0.1) is 0 Å². The molecule has 50 valence electrons. The average molecular weight is 236 g/mol. The van der Waals surface area contributed by atoms with E-state index in [1.165, 1.54) is 0 Å². The largest absolute Gasteiger partial charge is 0.295 e. The summed E-state index contributed by atoms with van der Waals surface area (Å²) in [5.41, 5.74) is 0. The molecular weight excluding hydrogens is 227 g/mol. The monoisotopic (exact) mass is 236 g/mol. The molecule has 0 aliphatic heterocycles. The fraction of sp³-hybridized carbons (Fsp3) is 0.571. The predicted molar refractivity (Wildman–Crippen MR) is 45.8 cm³/mol. The number of hydrogen-bond acceptors (Lipinski definition) is 1. The number of halogens is 1. The number of rotatable bonds is 1. The molecule has 1 nitrogen and oxygen atoms in total. The maximum Gasteiger partial charge on any atom is 0.159 e. The zero-order valence-corrected chi connectivity index (χ0v) is 7.30. The van der Waals surface area contributed by atoms with Gasteiger partial charge in [-0.25, -0.2) is 0 Å². The number of allylic oxidation sites excluding steroid dienone is 2. The van der Waals surface area contributed by atoms with Gasteiger partial charge in [0.2, 0.25) is 0 Å². The Hall–Kier alpha value is 0.140. The van der Waals surface area contributed by atoms with Gasteiger partial charge in [-0.1, -0.05) is 28.7 Å². The molecule has 0 radical (unpaired) electrons. The minimum Gasteiger partial charge on any atom is -0.295 e. The zero-order chi connectivity index (χ0) is 6.69. The van der Waals surface area contributed by atoms with Gasteiger partial charge in [-0.3, -0.25) is 4.79 Å². The van der Waals surface area contributed by atoms with Gasteiger partial charge in [-0.05, 0) is 18.9 Å². The standard InChI is InChI=1S/C7H9IO/c8-5-6-3-1-2-4-7(6)9/h2,4,6H,1,3,5H2. The predicted octanol–water partition coefficient (Wildman–Crippen LogP) is 1.96. The van der Waals surface area contributed by atoms with E-state index >= 15 is 0 Å². The molecule has 0 saturated heterocycles. The number of carbonyl (C=O) groups is 1. The van der Waals surface area contributed by atoms with Gasteiger partial charge in [-0.2, -0.15) is 0 Å². The van der Waals surface area contributed by atoms with Crippen LogP contribution in [0.1, 0.15) is 12.8 Å². The summed E-state index contributed by atoms with van der Waals surface area (Å²) in [5.74, 6) is 0.631. The highest BCUT2D eigenvalue weighted by atomic mass is 127. The van der Waals surface area contributed by atoms with Crippen molar-refractivity contribution in [2.45, 2.75) is 12.8 Å². The highest BCUT2D eigenvalue weighted by molar-refractivity contribution is 14.1. The van der Waals surface area contributed by atoms with Crippen molar-refractivity contribution in [3.8, 4) is 0 Å². The Balaban J connectivity index is 2.55. The molecule has 1 aliphatic rings. The second kappa shape index (κ2) is 3.34. The molecule has 2 heteroatoms. The van der Waals surface area contributed by atoms with Crippen LogP contribution in [0.3, 0.4) is 0 Å². The summed E-state index contributed by atoms with van der Waals surface area (Å²) in [4.78, 5) is 10.9. The number of carbonyl (C=O) groups excluding carboxylic acids is 1. The first-order chi connectivity index (χ1) is 4.34. The fourth-order valence-corrected chi connectivity index (χ4v) is 1.80. The molecule has 0 aromatic rings. The van der Waals surface area contributed by atoms with E-state index in [2.05, 4.69) is 22.6 Å². The van der Waals surface area contributed by atoms with Crippen LogP contribution in [-0.4, -0.2) is 10.2 Å². The molecule has 1 rings (SSSR count). The molecule has 9 heavy (non-hydrogen) atoms. The van der Waals surface area contributed by atoms with Crippen molar-refractivity contribution in [1.82, 2.24) is 0 Å². The topological polar surface area (TPSA) is 17.1 Å². The third-order valence-corrected chi connectivity index (χ3v) is 2.62. The summed E-state index contributed by atoms with van der Waals surface area (Å²) >= 11 is 2.27. The van der Waals surface area contributed by atoms with E-state index in [-0.39, 0.29) is 0 Å². The van der Waals surface area contributed by atoms with Crippen LogP contribution in [0.2, 0.25) is 0 Å². The number of alkyl halides is 1. The van der Waals surface area contributed by atoms with E-state index in [1.807, 2.05) is 6.08 Å². The van der Waals surface area contributed by atoms with Crippen molar-refractivity contribution in [2.24, 2.45) is 5.92 Å². The van der Waals surface area contributed by atoms with Crippen molar-refractivity contribution in [2.75, 3.05) is 4.43 Å². The van der Waals surface area contributed by atoms with Crippen molar-refractivity contribution in [1.29, 1.82) is 0 Å². The maximum absolute atomic E-state index is 10.9. The lowest BCUT2D eigenvalue weighted by atomic mass is 9.95. The van der Waals surface area contributed by atoms with Gasteiger partial charge < -0.3 is 0 Å². The molecule has 0 saturated carbocycles. The Morgan fingerprint density at radius 3 is 3.00 bits per heavy atom. The Kier molecular flexibility index (Phi) is 2.69. The van der Waals surface area contributed by atoms with Gasteiger partial charge >= 0.3 is 0 Å². The molecule has 0 amide bonds. The van der Waals surface area contributed by atoms with E-state index in [9.17, 15) is 4.79 Å². The molecule has 0 aromatic carbocycles. The highest BCUT2D eigenvalue weighted by Gasteiger charge is 2.15. The highest BCUT2D eigenvalue weighted by Crippen LogP contribution is 2.16. The number of ketones is 1. The third-order valence-electron chi connectivity index (χ3n) is 1.55. The van der Waals surface area contributed by atoms with Gasteiger partial charge in [0.25, 0.3) is 0 Å². The molecule has 0 aromatic heterocycles. The Labute approximate surface area is 68.7 Å². The van der Waals surface area contributed by atoms with Crippen molar-refractivity contribution >= 4 is 28.4 Å². The van der Waals surface area contributed by atoms with Gasteiger partial charge in [0.05, 0.1) is 0 Å². The first kappa shape index (κ1) is 7.25. The summed E-state index contributed by atoms with van der Waals surface area (Å²) in [6, 6.07) is 0. The van der Waals surface area contributed by atoms with Crippen LogP contribution < -0.4 is 0 Å². The maximum atomic E-state index is 10.9. The molecule has 0 N–H and O–H groups in total. The first-order valence-corrected chi connectivity index (χ1v) is 4.63. The Bertz CT molecular complexity index is 140. The van der Waals surface area contributed by atoms with Crippen LogP contribution in [0.15, 0.2) is 12.2 Å². The van der Waals surface area contributed by atoms with Gasteiger partial charge in [0, 0.05) is 10.3 Å². The van der Waals surface area contributed by atoms with Crippen molar-refractivity contribution < 1.29 is 4.79 Å². The zero-order valence-electron chi connectivity index (χ0n) is 5.14. The van der Waals surface area contributed by atoms with Crippen molar-refractivity contribution in [3.05, 3.63) is 12.2 Å². The average Bonchev–Trinajstić information content (AvgIpc) is 1.89.